The molecule has 0 saturated heterocycles. The molecule has 0 radical (unpaired) electrons. The fourth-order valence-corrected chi connectivity index (χ4v) is 4.01. The van der Waals surface area contributed by atoms with Crippen LogP contribution in [0.5, 0.6) is 0 Å². The summed E-state index contributed by atoms with van der Waals surface area (Å²) < 4.78 is 9.01. The lowest BCUT2D eigenvalue weighted by Gasteiger charge is -2.19. The molecule has 0 fully saturated rings. The molecule has 2 rings (SSSR count). The van der Waals surface area contributed by atoms with Crippen LogP contribution in [0.3, 0.4) is 0 Å². The highest BCUT2D eigenvalue weighted by atomic mass is 28.3. The summed E-state index contributed by atoms with van der Waals surface area (Å²) in [4.78, 5) is 12.0. The molecule has 2 unspecified atom stereocenters. The Morgan fingerprint density at radius 2 is 1.66 bits per heavy atom. The van der Waals surface area contributed by atoms with E-state index < -0.39 is 19.8 Å². The van der Waals surface area contributed by atoms with Gasteiger partial charge in [0.1, 0.15) is 31.1 Å². The van der Waals surface area contributed by atoms with E-state index in [0.29, 0.717) is 17.5 Å². The van der Waals surface area contributed by atoms with Crippen LogP contribution in [0, 0.1) is 23.3 Å². The van der Waals surface area contributed by atoms with Crippen LogP contribution >= 0.6 is 0 Å². The van der Waals surface area contributed by atoms with Gasteiger partial charge in [0, 0.05) is 0 Å². The Bertz CT molecular complexity index is 1020. The lowest BCUT2D eigenvalue weighted by molar-refractivity contribution is 0.0523. The standard InChI is InChI=1S/C25H43N7O2Si/c1-18(2)13-21(11-12-35(8,9)10)31-17-22(28-30-31)23(14-19(3)4)32-16-20(27-29-32)15-26-24(33)34-25(5,6)7/h16-19,21,23H,13-15H2,1-10H3,(H,26,33). The highest BCUT2D eigenvalue weighted by Crippen LogP contribution is 2.25. The van der Waals surface area contributed by atoms with Crippen LogP contribution in [-0.4, -0.2) is 49.8 Å². The van der Waals surface area contributed by atoms with Crippen LogP contribution in [0.25, 0.3) is 0 Å². The molecule has 0 spiro atoms. The molecule has 9 nitrogen and oxygen atoms in total. The fourth-order valence-electron chi connectivity index (χ4n) is 3.41. The summed E-state index contributed by atoms with van der Waals surface area (Å²) in [5.74, 6) is 4.38. The molecule has 0 saturated carbocycles. The summed E-state index contributed by atoms with van der Waals surface area (Å²) in [6.07, 6.45) is 5.11. The lowest BCUT2D eigenvalue weighted by Crippen LogP contribution is -2.32. The van der Waals surface area contributed by atoms with Crippen molar-refractivity contribution in [2.24, 2.45) is 11.8 Å². The van der Waals surface area contributed by atoms with Gasteiger partial charge in [0.2, 0.25) is 0 Å². The Balaban J connectivity index is 2.24. The van der Waals surface area contributed by atoms with E-state index in [0.717, 1.165) is 18.5 Å². The maximum absolute atomic E-state index is 12.0. The second kappa shape index (κ2) is 11.8. The van der Waals surface area contributed by atoms with Crippen molar-refractivity contribution in [1.29, 1.82) is 0 Å². The van der Waals surface area contributed by atoms with Gasteiger partial charge in [-0.25, -0.2) is 14.2 Å². The van der Waals surface area contributed by atoms with Gasteiger partial charge in [-0.2, -0.15) is 0 Å². The molecule has 1 amide bonds. The van der Waals surface area contributed by atoms with E-state index >= 15 is 0 Å². The Labute approximate surface area is 211 Å². The Morgan fingerprint density at radius 1 is 1.03 bits per heavy atom. The number of carbonyl (C=O) groups excluding carboxylic acids is 1. The van der Waals surface area contributed by atoms with Crippen molar-refractivity contribution in [2.45, 2.75) is 105 Å². The van der Waals surface area contributed by atoms with Gasteiger partial charge < -0.3 is 10.1 Å². The van der Waals surface area contributed by atoms with Crippen LogP contribution in [0.15, 0.2) is 12.4 Å². The summed E-state index contributed by atoms with van der Waals surface area (Å²) >= 11 is 0. The number of aromatic nitrogens is 6. The van der Waals surface area contributed by atoms with Gasteiger partial charge in [-0.15, -0.1) is 15.7 Å². The van der Waals surface area contributed by atoms with Gasteiger partial charge in [0.15, 0.2) is 0 Å². The van der Waals surface area contributed by atoms with Gasteiger partial charge in [-0.1, -0.05) is 63.7 Å². The van der Waals surface area contributed by atoms with Crippen molar-refractivity contribution in [3.8, 4) is 11.5 Å². The van der Waals surface area contributed by atoms with Crippen molar-refractivity contribution in [2.75, 3.05) is 0 Å². The zero-order valence-electron chi connectivity index (χ0n) is 23.1. The average molecular weight is 502 g/mol. The second-order valence-corrected chi connectivity index (χ2v) is 16.7. The van der Waals surface area contributed by atoms with Crippen molar-refractivity contribution >= 4 is 14.2 Å². The molecule has 194 valence electrons. The maximum atomic E-state index is 12.0. The van der Waals surface area contributed by atoms with E-state index in [4.69, 9.17) is 4.74 Å². The number of hydrogen-bond acceptors (Lipinski definition) is 6. The van der Waals surface area contributed by atoms with Crippen molar-refractivity contribution in [1.82, 2.24) is 35.3 Å². The summed E-state index contributed by atoms with van der Waals surface area (Å²) in [5, 5.41) is 20.3. The fraction of sp³-hybridized carbons (Fsp3) is 0.720. The third-order valence-electron chi connectivity index (χ3n) is 4.88. The lowest BCUT2D eigenvalue weighted by atomic mass is 10.0. The minimum Gasteiger partial charge on any atom is -0.444 e. The second-order valence-electron chi connectivity index (χ2n) is 12.0. The normalized spacial score (nSPS) is 13.9. The van der Waals surface area contributed by atoms with Crippen LogP contribution in [0.2, 0.25) is 19.6 Å². The quantitative estimate of drug-likeness (QED) is 0.383. The highest BCUT2D eigenvalue weighted by Gasteiger charge is 2.23. The number of carbonyl (C=O) groups is 1. The van der Waals surface area contributed by atoms with Gasteiger partial charge in [-0.05, 0) is 45.4 Å². The third-order valence-corrected chi connectivity index (χ3v) is 5.78. The van der Waals surface area contributed by atoms with Crippen molar-refractivity contribution < 1.29 is 9.53 Å². The maximum Gasteiger partial charge on any atom is 0.407 e. The smallest absolute Gasteiger partial charge is 0.407 e. The predicted molar refractivity (Wildman–Crippen MR) is 140 cm³/mol. The first-order valence-electron chi connectivity index (χ1n) is 12.4. The number of nitrogens with one attached hydrogen (secondary N) is 1. The zero-order chi connectivity index (χ0) is 26.4. The van der Waals surface area contributed by atoms with Gasteiger partial charge in [0.05, 0.1) is 25.0 Å². The molecule has 35 heavy (non-hydrogen) atoms. The molecule has 1 N–H and O–H groups in total. The van der Waals surface area contributed by atoms with E-state index in [2.05, 4.69) is 84.7 Å². The van der Waals surface area contributed by atoms with Gasteiger partial charge >= 0.3 is 6.09 Å². The SMILES string of the molecule is CC(C)CC(C#C[Si](C)(C)C)n1cc(C(CC(C)C)n2cc(CNC(=O)OC(C)(C)C)nn2)nn1. The van der Waals surface area contributed by atoms with E-state index in [9.17, 15) is 4.79 Å². The molecule has 0 aliphatic rings. The number of ether oxygens (including phenoxy) is 1. The first-order chi connectivity index (χ1) is 16.1. The zero-order valence-corrected chi connectivity index (χ0v) is 24.1. The van der Waals surface area contributed by atoms with Gasteiger partial charge in [0.25, 0.3) is 0 Å². The monoisotopic (exact) mass is 501 g/mol. The summed E-state index contributed by atoms with van der Waals surface area (Å²) in [6, 6.07) is -0.122. The molecule has 2 aromatic rings. The summed E-state index contributed by atoms with van der Waals surface area (Å²) in [5.41, 5.74) is 4.42. The molecule has 0 aliphatic heterocycles. The average Bonchev–Trinajstić information content (AvgIpc) is 3.35. The first kappa shape index (κ1) is 28.6. The largest absolute Gasteiger partial charge is 0.444 e. The van der Waals surface area contributed by atoms with E-state index in [1.54, 1.807) is 0 Å². The summed E-state index contributed by atoms with van der Waals surface area (Å²) in [6.45, 7) is 21.2. The third kappa shape index (κ3) is 10.2. The van der Waals surface area contributed by atoms with Crippen LogP contribution in [0.1, 0.15) is 84.8 Å². The molecule has 0 aromatic carbocycles. The van der Waals surface area contributed by atoms with E-state index in [-0.39, 0.29) is 18.6 Å². The minimum absolute atomic E-state index is 0.00740. The molecule has 2 atom stereocenters. The molecular formula is C25H43N7O2Si. The molecule has 0 aliphatic carbocycles. The van der Waals surface area contributed by atoms with Crippen LogP contribution < -0.4 is 5.32 Å². The Morgan fingerprint density at radius 3 is 2.23 bits per heavy atom. The van der Waals surface area contributed by atoms with Crippen molar-refractivity contribution in [3.63, 3.8) is 0 Å². The number of nitrogens with zero attached hydrogens (tertiary/aromatic N) is 6. The molecule has 10 heteroatoms. The van der Waals surface area contributed by atoms with Crippen LogP contribution in [-0.2, 0) is 11.3 Å². The van der Waals surface area contributed by atoms with Crippen LogP contribution in [0.4, 0.5) is 4.79 Å². The molecule has 2 heterocycles. The minimum atomic E-state index is -1.50. The topological polar surface area (TPSA) is 99.8 Å². The summed E-state index contributed by atoms with van der Waals surface area (Å²) in [7, 11) is -1.50. The van der Waals surface area contributed by atoms with E-state index in [1.807, 2.05) is 42.5 Å². The Hall–Kier alpha value is -2.67. The number of alkyl carbamates (subject to hydrolysis) is 1. The number of amides is 1. The van der Waals surface area contributed by atoms with Crippen molar-refractivity contribution in [3.05, 3.63) is 23.8 Å². The number of rotatable bonds is 9. The number of hydrogen-bond donors (Lipinski definition) is 1. The molecule has 2 aromatic heterocycles. The molecule has 0 bridgehead atoms. The molecular weight excluding hydrogens is 458 g/mol. The first-order valence-corrected chi connectivity index (χ1v) is 15.9. The predicted octanol–water partition coefficient (Wildman–Crippen LogP) is 5.00. The Kier molecular flexibility index (Phi) is 9.66. The highest BCUT2D eigenvalue weighted by molar-refractivity contribution is 6.83. The van der Waals surface area contributed by atoms with E-state index in [1.165, 1.54) is 0 Å². The van der Waals surface area contributed by atoms with Gasteiger partial charge in [-0.3, -0.25) is 0 Å².